The van der Waals surface area contributed by atoms with Crippen molar-refractivity contribution in [1.29, 1.82) is 0 Å². The molecule has 0 unspecified atom stereocenters. The maximum absolute atomic E-state index is 13.9. The molecule has 25 heavy (non-hydrogen) atoms. The van der Waals surface area contributed by atoms with Gasteiger partial charge >= 0.3 is 0 Å². The zero-order chi connectivity index (χ0) is 17.6. The third kappa shape index (κ3) is 2.75. The molecule has 8 heteroatoms. The Morgan fingerprint density at radius 3 is 2.56 bits per heavy atom. The summed E-state index contributed by atoms with van der Waals surface area (Å²) in [5.41, 5.74) is 0.564. The van der Waals surface area contributed by atoms with E-state index in [2.05, 4.69) is 15.4 Å². The minimum atomic E-state index is -0.678. The molecule has 2 heterocycles. The first-order valence-corrected chi connectivity index (χ1v) is 7.64. The maximum Gasteiger partial charge on any atom is 0.249 e. The molecule has 0 atom stereocenters. The molecule has 2 aromatic heterocycles. The van der Waals surface area contributed by atoms with Gasteiger partial charge in [-0.2, -0.15) is 4.98 Å². The number of carbonyl (C=O) groups excluding carboxylic acids is 2. The number of anilines is 1. The lowest BCUT2D eigenvalue weighted by Crippen LogP contribution is -2.34. The minimum absolute atomic E-state index is 0.0552. The molecule has 0 radical (unpaired) electrons. The van der Waals surface area contributed by atoms with Crippen LogP contribution in [-0.4, -0.2) is 26.3 Å². The fourth-order valence-electron chi connectivity index (χ4n) is 2.75. The summed E-state index contributed by atoms with van der Waals surface area (Å²) < 4.78 is 29.2. The number of halogens is 2. The van der Waals surface area contributed by atoms with E-state index in [1.165, 1.54) is 35.0 Å². The molecule has 1 aliphatic carbocycles. The van der Waals surface area contributed by atoms with Crippen molar-refractivity contribution in [3.05, 3.63) is 48.2 Å². The van der Waals surface area contributed by atoms with Crippen LogP contribution in [0.4, 0.5) is 14.7 Å². The summed E-state index contributed by atoms with van der Waals surface area (Å²) in [7, 11) is 0. The molecule has 1 amide bonds. The third-order valence-corrected chi connectivity index (χ3v) is 4.14. The standard InChI is InChI=1S/C17H12F2N4O2/c18-12-2-1-3-13(19)15(12)9-4-5-14-20-17(22-23(14)8-9)21-16(25)10-6-11(24)7-10/h1-5,8,10H,6-7H2,(H,21,22,25). The highest BCUT2D eigenvalue weighted by Gasteiger charge is 2.33. The monoisotopic (exact) mass is 342 g/mol. The molecule has 1 aliphatic rings. The number of fused-ring (bicyclic) bond motifs is 1. The summed E-state index contributed by atoms with van der Waals surface area (Å²) in [6.07, 6.45) is 1.90. The van der Waals surface area contributed by atoms with Gasteiger partial charge in [0.15, 0.2) is 5.65 Å². The molecule has 0 aliphatic heterocycles. The van der Waals surface area contributed by atoms with Crippen LogP contribution in [0.2, 0.25) is 0 Å². The van der Waals surface area contributed by atoms with Crippen molar-refractivity contribution < 1.29 is 18.4 Å². The summed E-state index contributed by atoms with van der Waals surface area (Å²) in [6.45, 7) is 0. The predicted molar refractivity (Wildman–Crippen MR) is 84.7 cm³/mol. The van der Waals surface area contributed by atoms with E-state index >= 15 is 0 Å². The second-order valence-electron chi connectivity index (χ2n) is 5.89. The van der Waals surface area contributed by atoms with Crippen LogP contribution < -0.4 is 5.32 Å². The van der Waals surface area contributed by atoms with E-state index in [-0.39, 0.29) is 42.0 Å². The average molecular weight is 342 g/mol. The Hall–Kier alpha value is -3.16. The maximum atomic E-state index is 13.9. The van der Waals surface area contributed by atoms with Gasteiger partial charge in [-0.25, -0.2) is 13.3 Å². The third-order valence-electron chi connectivity index (χ3n) is 4.14. The second-order valence-corrected chi connectivity index (χ2v) is 5.89. The lowest BCUT2D eigenvalue weighted by atomic mass is 9.83. The van der Waals surface area contributed by atoms with Gasteiger partial charge in [-0.05, 0) is 24.3 Å². The lowest BCUT2D eigenvalue weighted by Gasteiger charge is -2.21. The summed E-state index contributed by atoms with van der Waals surface area (Å²) in [5.74, 6) is -1.88. The van der Waals surface area contributed by atoms with Crippen LogP contribution in [0, 0.1) is 17.6 Å². The van der Waals surface area contributed by atoms with Crippen molar-refractivity contribution in [3.8, 4) is 11.1 Å². The normalized spacial score (nSPS) is 14.6. The number of benzene rings is 1. The molecule has 1 aromatic carbocycles. The van der Waals surface area contributed by atoms with Gasteiger partial charge in [-0.1, -0.05) is 6.07 Å². The van der Waals surface area contributed by atoms with E-state index in [1.807, 2.05) is 0 Å². The first kappa shape index (κ1) is 15.4. The Kier molecular flexibility index (Phi) is 3.52. The van der Waals surface area contributed by atoms with Gasteiger partial charge in [-0.15, -0.1) is 5.10 Å². The van der Waals surface area contributed by atoms with Crippen LogP contribution in [0.25, 0.3) is 16.8 Å². The van der Waals surface area contributed by atoms with Gasteiger partial charge in [0.25, 0.3) is 0 Å². The van der Waals surface area contributed by atoms with Crippen molar-refractivity contribution >= 4 is 23.3 Å². The number of ketones is 1. The van der Waals surface area contributed by atoms with Crippen LogP contribution in [0.1, 0.15) is 12.8 Å². The largest absolute Gasteiger partial charge is 0.300 e. The molecule has 0 bridgehead atoms. The molecule has 1 saturated carbocycles. The molecule has 1 N–H and O–H groups in total. The number of aromatic nitrogens is 3. The Morgan fingerprint density at radius 2 is 1.88 bits per heavy atom. The van der Waals surface area contributed by atoms with Gasteiger partial charge in [0.2, 0.25) is 11.9 Å². The van der Waals surface area contributed by atoms with Gasteiger partial charge in [0.1, 0.15) is 17.4 Å². The molecule has 126 valence electrons. The number of Topliss-reactive ketones (excluding diaryl/α,β-unsaturated/α-hetero) is 1. The Bertz CT molecular complexity index is 987. The van der Waals surface area contributed by atoms with Gasteiger partial charge in [0, 0.05) is 24.6 Å². The van der Waals surface area contributed by atoms with Crippen molar-refractivity contribution in [2.75, 3.05) is 5.32 Å². The number of amides is 1. The number of nitrogens with zero attached hydrogens (tertiary/aromatic N) is 3. The summed E-state index contributed by atoms with van der Waals surface area (Å²) in [4.78, 5) is 27.0. The van der Waals surface area contributed by atoms with Crippen molar-refractivity contribution in [2.45, 2.75) is 12.8 Å². The molecule has 1 fully saturated rings. The number of nitrogens with one attached hydrogen (secondary N) is 1. The highest BCUT2D eigenvalue weighted by Crippen LogP contribution is 2.27. The highest BCUT2D eigenvalue weighted by atomic mass is 19.1. The number of hydrogen-bond donors (Lipinski definition) is 1. The molecule has 3 aromatic rings. The number of hydrogen-bond acceptors (Lipinski definition) is 4. The summed E-state index contributed by atoms with van der Waals surface area (Å²) >= 11 is 0. The summed E-state index contributed by atoms with van der Waals surface area (Å²) in [6, 6.07) is 6.73. The van der Waals surface area contributed by atoms with E-state index in [0.29, 0.717) is 11.2 Å². The first-order chi connectivity index (χ1) is 12.0. The van der Waals surface area contributed by atoms with Crippen molar-refractivity contribution in [1.82, 2.24) is 14.6 Å². The Balaban J connectivity index is 1.63. The summed E-state index contributed by atoms with van der Waals surface area (Å²) in [5, 5.41) is 6.66. The Morgan fingerprint density at radius 1 is 1.16 bits per heavy atom. The SMILES string of the molecule is O=C1CC(C(=O)Nc2nc3ccc(-c4c(F)cccc4F)cn3n2)C1. The van der Waals surface area contributed by atoms with Crippen molar-refractivity contribution in [3.63, 3.8) is 0 Å². The van der Waals surface area contributed by atoms with E-state index in [1.54, 1.807) is 6.07 Å². The van der Waals surface area contributed by atoms with E-state index in [4.69, 9.17) is 0 Å². The first-order valence-electron chi connectivity index (χ1n) is 7.64. The van der Waals surface area contributed by atoms with Crippen molar-refractivity contribution in [2.24, 2.45) is 5.92 Å². The molecular formula is C17H12F2N4O2. The van der Waals surface area contributed by atoms with Gasteiger partial charge in [0.05, 0.1) is 11.5 Å². The highest BCUT2D eigenvalue weighted by molar-refractivity contribution is 6.01. The van der Waals surface area contributed by atoms with Crippen LogP contribution in [0.5, 0.6) is 0 Å². The topological polar surface area (TPSA) is 76.4 Å². The molecular weight excluding hydrogens is 330 g/mol. The zero-order valence-electron chi connectivity index (χ0n) is 12.9. The molecule has 0 saturated heterocycles. The van der Waals surface area contributed by atoms with E-state index in [0.717, 1.165) is 0 Å². The number of rotatable bonds is 3. The lowest BCUT2D eigenvalue weighted by molar-refractivity contribution is -0.135. The molecule has 4 rings (SSSR count). The second kappa shape index (κ2) is 5.73. The fraction of sp³-hybridized carbons (Fsp3) is 0.176. The fourth-order valence-corrected chi connectivity index (χ4v) is 2.75. The van der Waals surface area contributed by atoms with Crippen LogP contribution in [0.3, 0.4) is 0 Å². The van der Waals surface area contributed by atoms with E-state index < -0.39 is 11.6 Å². The average Bonchev–Trinajstić information content (AvgIpc) is 2.93. The molecule has 0 spiro atoms. The smallest absolute Gasteiger partial charge is 0.249 e. The molecule has 6 nitrogen and oxygen atoms in total. The minimum Gasteiger partial charge on any atom is -0.300 e. The van der Waals surface area contributed by atoms with Crippen LogP contribution in [-0.2, 0) is 9.59 Å². The number of carbonyl (C=O) groups is 2. The van der Waals surface area contributed by atoms with E-state index in [9.17, 15) is 18.4 Å². The number of pyridine rings is 1. The zero-order valence-corrected chi connectivity index (χ0v) is 12.9. The van der Waals surface area contributed by atoms with Gasteiger partial charge < -0.3 is 0 Å². The predicted octanol–water partition coefficient (Wildman–Crippen LogP) is 2.59. The van der Waals surface area contributed by atoms with Gasteiger partial charge in [-0.3, -0.25) is 14.9 Å². The quantitative estimate of drug-likeness (QED) is 0.794. The Labute approximate surface area is 140 Å². The van der Waals surface area contributed by atoms with Crippen LogP contribution in [0.15, 0.2) is 36.5 Å². The van der Waals surface area contributed by atoms with Crippen LogP contribution >= 0.6 is 0 Å².